The van der Waals surface area contributed by atoms with Crippen LogP contribution in [0.15, 0.2) is 78.9 Å². The summed E-state index contributed by atoms with van der Waals surface area (Å²) < 4.78 is 0. The van der Waals surface area contributed by atoms with E-state index in [2.05, 4.69) is 5.32 Å². The molecule has 2 atom stereocenters. The standard InChI is InChI=1S/C29H33ClN2O2/c1-4-22(3)31-29(34)27(18-23-11-6-5-7-12-23)32(20-25-14-9-15-26(30)17-25)28(33)19-24-13-8-10-21(2)16-24/h5-17,22,27H,4,18-20H2,1-3H3,(H,31,34)/t22-,27-/m1/s1. The molecule has 0 spiro atoms. The fourth-order valence-electron chi connectivity index (χ4n) is 3.93. The van der Waals surface area contributed by atoms with Crippen molar-refractivity contribution in [3.8, 4) is 0 Å². The molecule has 0 aliphatic rings. The predicted molar refractivity (Wildman–Crippen MR) is 139 cm³/mol. The first-order valence-electron chi connectivity index (χ1n) is 11.8. The molecule has 0 aliphatic carbocycles. The lowest BCUT2D eigenvalue weighted by Gasteiger charge is -2.32. The minimum atomic E-state index is -0.646. The van der Waals surface area contributed by atoms with Gasteiger partial charge in [0.15, 0.2) is 0 Å². The second-order valence-electron chi connectivity index (χ2n) is 8.84. The van der Waals surface area contributed by atoms with Crippen molar-refractivity contribution in [1.29, 1.82) is 0 Å². The molecule has 3 aromatic carbocycles. The second kappa shape index (κ2) is 12.4. The van der Waals surface area contributed by atoms with Crippen molar-refractivity contribution < 1.29 is 9.59 Å². The Morgan fingerprint density at radius 3 is 2.26 bits per heavy atom. The summed E-state index contributed by atoms with van der Waals surface area (Å²) >= 11 is 6.23. The van der Waals surface area contributed by atoms with E-state index in [0.29, 0.717) is 18.0 Å². The Morgan fingerprint density at radius 2 is 1.59 bits per heavy atom. The predicted octanol–water partition coefficient (Wildman–Crippen LogP) is 5.75. The van der Waals surface area contributed by atoms with Crippen LogP contribution in [0.5, 0.6) is 0 Å². The topological polar surface area (TPSA) is 49.4 Å². The molecule has 3 rings (SSSR count). The Labute approximate surface area is 207 Å². The Kier molecular flexibility index (Phi) is 9.29. The lowest BCUT2D eigenvalue weighted by atomic mass is 10.0. The zero-order chi connectivity index (χ0) is 24.5. The van der Waals surface area contributed by atoms with Crippen molar-refractivity contribution in [2.75, 3.05) is 0 Å². The summed E-state index contributed by atoms with van der Waals surface area (Å²) in [6.07, 6.45) is 1.47. The van der Waals surface area contributed by atoms with Crippen LogP contribution in [0.4, 0.5) is 0 Å². The molecule has 0 saturated carbocycles. The molecule has 3 aromatic rings. The molecule has 4 nitrogen and oxygen atoms in total. The first-order valence-corrected chi connectivity index (χ1v) is 12.2. The van der Waals surface area contributed by atoms with E-state index in [0.717, 1.165) is 28.7 Å². The first-order chi connectivity index (χ1) is 16.4. The number of hydrogen-bond acceptors (Lipinski definition) is 2. The van der Waals surface area contributed by atoms with Gasteiger partial charge in [-0.1, -0.05) is 90.8 Å². The number of rotatable bonds is 10. The summed E-state index contributed by atoms with van der Waals surface area (Å²) in [5, 5.41) is 3.70. The third kappa shape index (κ3) is 7.46. The summed E-state index contributed by atoms with van der Waals surface area (Å²) in [5.74, 6) is -0.233. The van der Waals surface area contributed by atoms with Crippen molar-refractivity contribution >= 4 is 23.4 Å². The van der Waals surface area contributed by atoms with Crippen LogP contribution in [-0.4, -0.2) is 28.8 Å². The molecule has 5 heteroatoms. The molecule has 1 N–H and O–H groups in total. The number of benzene rings is 3. The van der Waals surface area contributed by atoms with Crippen molar-refractivity contribution in [2.45, 2.75) is 58.7 Å². The molecule has 2 amide bonds. The maximum atomic E-state index is 13.7. The molecule has 0 saturated heterocycles. The molecule has 0 aliphatic heterocycles. The van der Waals surface area contributed by atoms with E-state index in [4.69, 9.17) is 11.6 Å². The van der Waals surface area contributed by atoms with E-state index in [1.807, 2.05) is 93.6 Å². The van der Waals surface area contributed by atoms with E-state index >= 15 is 0 Å². The Balaban J connectivity index is 1.97. The van der Waals surface area contributed by atoms with Crippen LogP contribution in [0.2, 0.25) is 5.02 Å². The summed E-state index contributed by atoms with van der Waals surface area (Å²) in [6, 6.07) is 24.6. The Bertz CT molecular complexity index is 1100. The number of nitrogens with one attached hydrogen (secondary N) is 1. The normalized spacial score (nSPS) is 12.6. The minimum Gasteiger partial charge on any atom is -0.352 e. The highest BCUT2D eigenvalue weighted by molar-refractivity contribution is 6.30. The van der Waals surface area contributed by atoms with Gasteiger partial charge in [0.2, 0.25) is 11.8 Å². The fourth-order valence-corrected chi connectivity index (χ4v) is 4.14. The molecule has 0 aromatic heterocycles. The summed E-state index contributed by atoms with van der Waals surface area (Å²) in [6.45, 7) is 6.32. The van der Waals surface area contributed by atoms with Gasteiger partial charge in [-0.05, 0) is 49.1 Å². The fraction of sp³-hybridized carbons (Fsp3) is 0.310. The maximum Gasteiger partial charge on any atom is 0.243 e. The summed E-state index contributed by atoms with van der Waals surface area (Å²) in [7, 11) is 0. The van der Waals surface area contributed by atoms with Gasteiger partial charge in [-0.2, -0.15) is 0 Å². The van der Waals surface area contributed by atoms with Crippen LogP contribution in [0.25, 0.3) is 0 Å². The molecule has 0 radical (unpaired) electrons. The zero-order valence-corrected chi connectivity index (χ0v) is 20.9. The van der Waals surface area contributed by atoms with E-state index < -0.39 is 6.04 Å². The largest absolute Gasteiger partial charge is 0.352 e. The van der Waals surface area contributed by atoms with Gasteiger partial charge in [-0.3, -0.25) is 9.59 Å². The highest BCUT2D eigenvalue weighted by atomic mass is 35.5. The number of amides is 2. The summed E-state index contributed by atoms with van der Waals surface area (Å²) in [5.41, 5.74) is 3.93. The van der Waals surface area contributed by atoms with Crippen LogP contribution in [0, 0.1) is 6.92 Å². The van der Waals surface area contributed by atoms with Crippen LogP contribution in [0.1, 0.15) is 42.5 Å². The van der Waals surface area contributed by atoms with Crippen LogP contribution < -0.4 is 5.32 Å². The number of nitrogens with zero attached hydrogens (tertiary/aromatic N) is 1. The van der Waals surface area contributed by atoms with E-state index in [1.54, 1.807) is 11.0 Å². The molecule has 0 fully saturated rings. The van der Waals surface area contributed by atoms with E-state index in [-0.39, 0.29) is 24.3 Å². The number of aryl methyl sites for hydroxylation is 1. The number of carbonyl (C=O) groups excluding carboxylic acids is 2. The van der Waals surface area contributed by atoms with Crippen molar-refractivity contribution in [3.05, 3.63) is 106 Å². The maximum absolute atomic E-state index is 13.7. The van der Waals surface area contributed by atoms with Crippen molar-refractivity contribution in [3.63, 3.8) is 0 Å². The van der Waals surface area contributed by atoms with Gasteiger partial charge in [0.25, 0.3) is 0 Å². The molecule has 0 bridgehead atoms. The van der Waals surface area contributed by atoms with Crippen molar-refractivity contribution in [1.82, 2.24) is 10.2 Å². The quantitative estimate of drug-likeness (QED) is 0.405. The van der Waals surface area contributed by atoms with Crippen LogP contribution in [-0.2, 0) is 29.0 Å². The summed E-state index contributed by atoms with van der Waals surface area (Å²) in [4.78, 5) is 28.9. The first kappa shape index (κ1) is 25.5. The molecule has 0 unspecified atom stereocenters. The van der Waals surface area contributed by atoms with Gasteiger partial charge >= 0.3 is 0 Å². The van der Waals surface area contributed by atoms with Crippen molar-refractivity contribution in [2.24, 2.45) is 0 Å². The second-order valence-corrected chi connectivity index (χ2v) is 9.28. The molecule has 0 heterocycles. The number of carbonyl (C=O) groups is 2. The third-order valence-electron chi connectivity index (χ3n) is 5.95. The lowest BCUT2D eigenvalue weighted by molar-refractivity contribution is -0.141. The average molecular weight is 477 g/mol. The van der Waals surface area contributed by atoms with Gasteiger partial charge in [-0.15, -0.1) is 0 Å². The smallest absolute Gasteiger partial charge is 0.243 e. The number of halogens is 1. The zero-order valence-electron chi connectivity index (χ0n) is 20.1. The van der Waals surface area contributed by atoms with E-state index in [9.17, 15) is 9.59 Å². The third-order valence-corrected chi connectivity index (χ3v) is 6.19. The molecular weight excluding hydrogens is 444 g/mol. The van der Waals surface area contributed by atoms with Gasteiger partial charge in [0, 0.05) is 24.0 Å². The van der Waals surface area contributed by atoms with Gasteiger partial charge in [-0.25, -0.2) is 0 Å². The highest BCUT2D eigenvalue weighted by Crippen LogP contribution is 2.19. The molecule has 34 heavy (non-hydrogen) atoms. The van der Waals surface area contributed by atoms with E-state index in [1.165, 1.54) is 0 Å². The highest BCUT2D eigenvalue weighted by Gasteiger charge is 2.31. The average Bonchev–Trinajstić information content (AvgIpc) is 2.81. The van der Waals surface area contributed by atoms with Crippen LogP contribution in [0.3, 0.4) is 0 Å². The Hall–Kier alpha value is -3.11. The monoisotopic (exact) mass is 476 g/mol. The number of hydrogen-bond donors (Lipinski definition) is 1. The molecular formula is C29H33ClN2O2. The van der Waals surface area contributed by atoms with Gasteiger partial charge in [0.05, 0.1) is 6.42 Å². The van der Waals surface area contributed by atoms with Gasteiger partial charge < -0.3 is 10.2 Å². The molecule has 178 valence electrons. The SMILES string of the molecule is CC[C@@H](C)NC(=O)[C@@H](Cc1ccccc1)N(Cc1cccc(Cl)c1)C(=O)Cc1cccc(C)c1. The Morgan fingerprint density at radius 1 is 0.912 bits per heavy atom. The van der Waals surface area contributed by atoms with Gasteiger partial charge in [0.1, 0.15) is 6.04 Å². The van der Waals surface area contributed by atoms with Crippen LogP contribution >= 0.6 is 11.6 Å². The lowest BCUT2D eigenvalue weighted by Crippen LogP contribution is -2.52. The minimum absolute atomic E-state index is 0.0191.